The third-order valence-corrected chi connectivity index (χ3v) is 4.78. The molecular formula is C27H24FN3O5. The molecule has 0 radical (unpaired) electrons. The first-order chi connectivity index (χ1) is 17.4. The molecular weight excluding hydrogens is 465 g/mol. The molecule has 8 nitrogen and oxygen atoms in total. The zero-order valence-corrected chi connectivity index (χ0v) is 19.7. The highest BCUT2D eigenvalue weighted by atomic mass is 19.1. The number of anilines is 2. The van der Waals surface area contributed by atoms with Gasteiger partial charge in [0.15, 0.2) is 18.1 Å². The number of carbonyl (C=O) groups is 2. The summed E-state index contributed by atoms with van der Waals surface area (Å²) in [6, 6.07) is 18.8. The van der Waals surface area contributed by atoms with E-state index < -0.39 is 11.7 Å². The molecule has 0 aliphatic carbocycles. The van der Waals surface area contributed by atoms with E-state index in [-0.39, 0.29) is 18.1 Å². The van der Waals surface area contributed by atoms with Crippen LogP contribution in [0.3, 0.4) is 0 Å². The standard InChI is InChI=1S/C27H24FN3O5/c1-3-35-25-15-18(14-19(16-29)27(33)31-22-7-5-20(28)6-8-22)4-13-24(25)36-17-26(32)30-21-9-11-23(34-2)12-10-21/h4-15H,3,17H2,1-2H3,(H,30,32)(H,31,33)/b19-14+. The summed E-state index contributed by atoms with van der Waals surface area (Å²) in [6.45, 7) is 1.86. The average molecular weight is 490 g/mol. The normalized spacial score (nSPS) is 10.7. The minimum atomic E-state index is -0.641. The quantitative estimate of drug-likeness (QED) is 0.313. The summed E-state index contributed by atoms with van der Waals surface area (Å²) in [4.78, 5) is 24.8. The predicted molar refractivity (Wildman–Crippen MR) is 133 cm³/mol. The molecule has 0 aliphatic rings. The van der Waals surface area contributed by atoms with Gasteiger partial charge in [0.05, 0.1) is 13.7 Å². The van der Waals surface area contributed by atoms with Gasteiger partial charge in [-0.2, -0.15) is 5.26 Å². The molecule has 0 unspecified atom stereocenters. The Morgan fingerprint density at radius 3 is 2.25 bits per heavy atom. The number of methoxy groups -OCH3 is 1. The molecule has 2 amide bonds. The summed E-state index contributed by atoms with van der Waals surface area (Å²) in [5, 5.41) is 14.7. The van der Waals surface area contributed by atoms with E-state index in [0.717, 1.165) is 0 Å². The zero-order chi connectivity index (χ0) is 25.9. The molecule has 3 rings (SSSR count). The van der Waals surface area contributed by atoms with Crippen LogP contribution >= 0.6 is 0 Å². The fraction of sp³-hybridized carbons (Fsp3) is 0.148. The Kier molecular flexibility index (Phi) is 9.00. The maximum Gasteiger partial charge on any atom is 0.266 e. The minimum Gasteiger partial charge on any atom is -0.497 e. The van der Waals surface area contributed by atoms with Crippen molar-refractivity contribution in [3.8, 4) is 23.3 Å². The highest BCUT2D eigenvalue weighted by Gasteiger charge is 2.13. The number of amides is 2. The Balaban J connectivity index is 1.68. The first-order valence-electron chi connectivity index (χ1n) is 10.9. The summed E-state index contributed by atoms with van der Waals surface area (Å²) in [5.74, 6) is -0.0958. The third-order valence-electron chi connectivity index (χ3n) is 4.78. The number of rotatable bonds is 10. The lowest BCUT2D eigenvalue weighted by atomic mass is 10.1. The van der Waals surface area contributed by atoms with Crippen LogP contribution < -0.4 is 24.8 Å². The molecule has 36 heavy (non-hydrogen) atoms. The topological polar surface area (TPSA) is 110 Å². The maximum absolute atomic E-state index is 13.1. The third kappa shape index (κ3) is 7.33. The van der Waals surface area contributed by atoms with Gasteiger partial charge in [-0.1, -0.05) is 6.07 Å². The Morgan fingerprint density at radius 2 is 1.61 bits per heavy atom. The summed E-state index contributed by atoms with van der Waals surface area (Å²) in [7, 11) is 1.56. The molecule has 0 aromatic heterocycles. The van der Waals surface area contributed by atoms with Crippen molar-refractivity contribution in [3.05, 3.63) is 83.7 Å². The molecule has 0 heterocycles. The van der Waals surface area contributed by atoms with E-state index in [9.17, 15) is 19.2 Å². The Labute approximate surface area is 207 Å². The van der Waals surface area contributed by atoms with Gasteiger partial charge in [0.1, 0.15) is 23.2 Å². The summed E-state index contributed by atoms with van der Waals surface area (Å²) in [6.07, 6.45) is 1.39. The lowest BCUT2D eigenvalue weighted by Gasteiger charge is -2.13. The molecule has 3 aromatic rings. The van der Waals surface area contributed by atoms with Crippen LogP contribution in [0.4, 0.5) is 15.8 Å². The van der Waals surface area contributed by atoms with E-state index in [1.54, 1.807) is 56.5 Å². The average Bonchev–Trinajstić information content (AvgIpc) is 2.88. The number of carbonyl (C=O) groups excluding carboxylic acids is 2. The van der Waals surface area contributed by atoms with Crippen molar-refractivity contribution in [3.63, 3.8) is 0 Å². The maximum atomic E-state index is 13.1. The number of nitrogens with zero attached hydrogens (tertiary/aromatic N) is 1. The van der Waals surface area contributed by atoms with Crippen molar-refractivity contribution in [2.45, 2.75) is 6.92 Å². The van der Waals surface area contributed by atoms with E-state index in [0.29, 0.717) is 40.8 Å². The SMILES string of the molecule is CCOc1cc(/C=C(\C#N)C(=O)Nc2ccc(F)cc2)ccc1OCC(=O)Nc1ccc(OC)cc1. The van der Waals surface area contributed by atoms with Crippen molar-refractivity contribution in [2.75, 3.05) is 31.0 Å². The summed E-state index contributed by atoms with van der Waals surface area (Å²) in [5.41, 5.74) is 1.31. The first kappa shape index (κ1) is 25.8. The molecule has 0 aliphatic heterocycles. The predicted octanol–water partition coefficient (Wildman–Crippen LogP) is 4.80. The van der Waals surface area contributed by atoms with Gasteiger partial charge >= 0.3 is 0 Å². The largest absolute Gasteiger partial charge is 0.497 e. The minimum absolute atomic E-state index is 0.158. The Bertz CT molecular complexity index is 1280. The molecule has 0 spiro atoms. The van der Waals surface area contributed by atoms with Crippen molar-refractivity contribution >= 4 is 29.3 Å². The van der Waals surface area contributed by atoms with Gasteiger partial charge in [0.2, 0.25) is 0 Å². The van der Waals surface area contributed by atoms with E-state index in [4.69, 9.17) is 14.2 Å². The van der Waals surface area contributed by atoms with Crippen molar-refractivity contribution in [2.24, 2.45) is 0 Å². The summed E-state index contributed by atoms with van der Waals surface area (Å²) >= 11 is 0. The van der Waals surface area contributed by atoms with Crippen molar-refractivity contribution < 1.29 is 28.2 Å². The fourth-order valence-corrected chi connectivity index (χ4v) is 3.06. The Hall–Kier alpha value is -4.84. The lowest BCUT2D eigenvalue weighted by Crippen LogP contribution is -2.20. The van der Waals surface area contributed by atoms with Gasteiger partial charge in [0.25, 0.3) is 11.8 Å². The van der Waals surface area contributed by atoms with E-state index in [2.05, 4.69) is 10.6 Å². The van der Waals surface area contributed by atoms with Crippen LogP contribution in [0.2, 0.25) is 0 Å². The number of nitriles is 1. The van der Waals surface area contributed by atoms with Gasteiger partial charge in [0, 0.05) is 11.4 Å². The van der Waals surface area contributed by atoms with Gasteiger partial charge in [-0.25, -0.2) is 4.39 Å². The Morgan fingerprint density at radius 1 is 0.944 bits per heavy atom. The van der Waals surface area contributed by atoms with E-state index in [1.807, 2.05) is 6.07 Å². The van der Waals surface area contributed by atoms with Crippen LogP contribution in [-0.4, -0.2) is 32.1 Å². The number of nitrogens with one attached hydrogen (secondary N) is 2. The van der Waals surface area contributed by atoms with Gasteiger partial charge in [-0.05, 0) is 79.2 Å². The second-order valence-corrected chi connectivity index (χ2v) is 7.34. The molecule has 0 saturated heterocycles. The van der Waals surface area contributed by atoms with Crippen LogP contribution in [0.15, 0.2) is 72.3 Å². The highest BCUT2D eigenvalue weighted by Crippen LogP contribution is 2.29. The molecule has 0 bridgehead atoms. The number of hydrogen-bond acceptors (Lipinski definition) is 6. The highest BCUT2D eigenvalue weighted by molar-refractivity contribution is 6.09. The molecule has 3 aromatic carbocycles. The molecule has 0 fully saturated rings. The van der Waals surface area contributed by atoms with Gasteiger partial charge in [-0.3, -0.25) is 9.59 Å². The van der Waals surface area contributed by atoms with Gasteiger partial charge in [-0.15, -0.1) is 0 Å². The monoisotopic (exact) mass is 489 g/mol. The fourth-order valence-electron chi connectivity index (χ4n) is 3.06. The van der Waals surface area contributed by atoms with E-state index >= 15 is 0 Å². The molecule has 9 heteroatoms. The van der Waals surface area contributed by atoms with E-state index in [1.165, 1.54) is 30.3 Å². The summed E-state index contributed by atoms with van der Waals surface area (Å²) < 4.78 is 29.4. The van der Waals surface area contributed by atoms with Crippen LogP contribution in [0, 0.1) is 17.1 Å². The molecule has 2 N–H and O–H groups in total. The van der Waals surface area contributed by atoms with Crippen molar-refractivity contribution in [1.82, 2.24) is 0 Å². The van der Waals surface area contributed by atoms with Crippen LogP contribution in [0.1, 0.15) is 12.5 Å². The second kappa shape index (κ2) is 12.6. The van der Waals surface area contributed by atoms with Gasteiger partial charge < -0.3 is 24.8 Å². The molecule has 0 saturated carbocycles. The lowest BCUT2D eigenvalue weighted by molar-refractivity contribution is -0.118. The number of halogens is 1. The first-order valence-corrected chi connectivity index (χ1v) is 10.9. The van der Waals surface area contributed by atoms with Crippen LogP contribution in [0.25, 0.3) is 6.08 Å². The number of benzene rings is 3. The second-order valence-electron chi connectivity index (χ2n) is 7.34. The van der Waals surface area contributed by atoms with Crippen LogP contribution in [-0.2, 0) is 9.59 Å². The number of ether oxygens (including phenoxy) is 3. The van der Waals surface area contributed by atoms with Crippen LogP contribution in [0.5, 0.6) is 17.2 Å². The molecule has 184 valence electrons. The number of hydrogen-bond donors (Lipinski definition) is 2. The molecule has 0 atom stereocenters. The zero-order valence-electron chi connectivity index (χ0n) is 19.7. The van der Waals surface area contributed by atoms with Crippen molar-refractivity contribution in [1.29, 1.82) is 5.26 Å². The smallest absolute Gasteiger partial charge is 0.266 e.